The Morgan fingerprint density at radius 3 is 3.07 bits per heavy atom. The summed E-state index contributed by atoms with van der Waals surface area (Å²) < 4.78 is 10.6. The zero-order valence-corrected chi connectivity index (χ0v) is 8.69. The van der Waals surface area contributed by atoms with E-state index in [0.717, 1.165) is 24.4 Å². The molecule has 0 aliphatic heterocycles. The maximum absolute atomic E-state index is 5.29. The van der Waals surface area contributed by atoms with Crippen molar-refractivity contribution in [2.45, 2.75) is 19.9 Å². The van der Waals surface area contributed by atoms with Crippen molar-refractivity contribution in [3.8, 4) is 11.5 Å². The number of rotatable bonds is 5. The van der Waals surface area contributed by atoms with Gasteiger partial charge in [0, 0.05) is 6.54 Å². The van der Waals surface area contributed by atoms with Crippen LogP contribution in [0.1, 0.15) is 19.0 Å². The molecule has 2 aromatic rings. The molecule has 0 saturated heterocycles. The smallest absolute Gasteiger partial charge is 0.194 e. The first kappa shape index (κ1) is 9.98. The van der Waals surface area contributed by atoms with Gasteiger partial charge in [-0.1, -0.05) is 6.92 Å². The van der Waals surface area contributed by atoms with Crippen LogP contribution in [0.25, 0.3) is 11.5 Å². The number of hydrogen-bond donors (Lipinski definition) is 1. The highest BCUT2D eigenvalue weighted by atomic mass is 16.4. The van der Waals surface area contributed by atoms with Crippen LogP contribution in [0.2, 0.25) is 0 Å². The van der Waals surface area contributed by atoms with Gasteiger partial charge >= 0.3 is 0 Å². The number of hydrogen-bond acceptors (Lipinski definition) is 4. The maximum Gasteiger partial charge on any atom is 0.194 e. The summed E-state index contributed by atoms with van der Waals surface area (Å²) in [5, 5.41) is 3.28. The highest BCUT2D eigenvalue weighted by Gasteiger charge is 2.12. The Morgan fingerprint density at radius 2 is 2.33 bits per heavy atom. The first-order valence-corrected chi connectivity index (χ1v) is 5.08. The molecule has 2 rings (SSSR count). The molecule has 0 spiro atoms. The molecular weight excluding hydrogens is 192 g/mol. The number of oxazole rings is 1. The van der Waals surface area contributed by atoms with Gasteiger partial charge in [-0.2, -0.15) is 0 Å². The summed E-state index contributed by atoms with van der Waals surface area (Å²) >= 11 is 0. The van der Waals surface area contributed by atoms with Gasteiger partial charge in [0.05, 0.1) is 6.26 Å². The summed E-state index contributed by atoms with van der Waals surface area (Å²) in [5.74, 6) is 1.43. The minimum atomic E-state index is 0.709. The fourth-order valence-electron chi connectivity index (χ4n) is 1.39. The lowest BCUT2D eigenvalue weighted by Crippen LogP contribution is -2.14. The van der Waals surface area contributed by atoms with Crippen LogP contribution in [0.4, 0.5) is 0 Å². The molecule has 2 aromatic heterocycles. The van der Waals surface area contributed by atoms with Crippen molar-refractivity contribution in [2.75, 3.05) is 6.54 Å². The third-order valence-corrected chi connectivity index (χ3v) is 2.11. The predicted octanol–water partition coefficient (Wildman–Crippen LogP) is 2.43. The summed E-state index contributed by atoms with van der Waals surface area (Å²) in [7, 11) is 0. The first-order valence-electron chi connectivity index (χ1n) is 5.08. The summed E-state index contributed by atoms with van der Waals surface area (Å²) in [6, 6.07) is 3.70. The SMILES string of the molecule is CCCNCc1ncoc1-c1ccco1. The summed E-state index contributed by atoms with van der Waals surface area (Å²) in [6.45, 7) is 3.81. The van der Waals surface area contributed by atoms with Crippen molar-refractivity contribution < 1.29 is 8.83 Å². The third kappa shape index (κ3) is 2.27. The molecule has 0 radical (unpaired) electrons. The van der Waals surface area contributed by atoms with Gasteiger partial charge in [-0.05, 0) is 25.1 Å². The number of nitrogens with zero attached hydrogens (tertiary/aromatic N) is 1. The van der Waals surface area contributed by atoms with Crippen molar-refractivity contribution in [3.05, 3.63) is 30.5 Å². The van der Waals surface area contributed by atoms with Crippen LogP contribution >= 0.6 is 0 Å². The second kappa shape index (κ2) is 4.79. The Kier molecular flexibility index (Phi) is 3.19. The van der Waals surface area contributed by atoms with E-state index in [2.05, 4.69) is 17.2 Å². The van der Waals surface area contributed by atoms with E-state index in [1.165, 1.54) is 6.39 Å². The van der Waals surface area contributed by atoms with Crippen molar-refractivity contribution in [1.29, 1.82) is 0 Å². The van der Waals surface area contributed by atoms with E-state index in [9.17, 15) is 0 Å². The fourth-order valence-corrected chi connectivity index (χ4v) is 1.39. The monoisotopic (exact) mass is 206 g/mol. The van der Waals surface area contributed by atoms with Crippen molar-refractivity contribution in [1.82, 2.24) is 10.3 Å². The van der Waals surface area contributed by atoms with Gasteiger partial charge in [-0.15, -0.1) is 0 Å². The number of nitrogens with one attached hydrogen (secondary N) is 1. The molecule has 0 aliphatic rings. The Hall–Kier alpha value is -1.55. The molecule has 0 bridgehead atoms. The Bertz CT molecular complexity index is 392. The van der Waals surface area contributed by atoms with E-state index in [1.807, 2.05) is 12.1 Å². The fraction of sp³-hybridized carbons (Fsp3) is 0.364. The van der Waals surface area contributed by atoms with Crippen LogP contribution < -0.4 is 5.32 Å². The van der Waals surface area contributed by atoms with Gasteiger partial charge in [-0.25, -0.2) is 4.98 Å². The minimum absolute atomic E-state index is 0.709. The van der Waals surface area contributed by atoms with E-state index >= 15 is 0 Å². The van der Waals surface area contributed by atoms with Gasteiger partial charge in [-0.3, -0.25) is 0 Å². The quantitative estimate of drug-likeness (QED) is 0.763. The number of furan rings is 1. The molecule has 4 nitrogen and oxygen atoms in total. The van der Waals surface area contributed by atoms with E-state index in [1.54, 1.807) is 6.26 Å². The second-order valence-corrected chi connectivity index (χ2v) is 3.28. The standard InChI is InChI=1S/C11H14N2O2/c1-2-5-12-7-9-11(15-8-13-9)10-4-3-6-14-10/h3-4,6,8,12H,2,5,7H2,1H3. The highest BCUT2D eigenvalue weighted by Crippen LogP contribution is 2.22. The highest BCUT2D eigenvalue weighted by molar-refractivity contribution is 5.52. The molecule has 15 heavy (non-hydrogen) atoms. The molecule has 4 heteroatoms. The first-order chi connectivity index (χ1) is 7.42. The maximum atomic E-state index is 5.29. The molecule has 0 aromatic carbocycles. The molecule has 0 atom stereocenters. The normalized spacial score (nSPS) is 10.7. The largest absolute Gasteiger partial charge is 0.461 e. The Labute approximate surface area is 88.3 Å². The molecule has 0 saturated carbocycles. The van der Waals surface area contributed by atoms with Gasteiger partial charge in [0.2, 0.25) is 0 Å². The minimum Gasteiger partial charge on any atom is -0.461 e. The van der Waals surface area contributed by atoms with Crippen LogP contribution in [0, 0.1) is 0 Å². The molecule has 2 heterocycles. The van der Waals surface area contributed by atoms with Crippen LogP contribution in [-0.4, -0.2) is 11.5 Å². The van der Waals surface area contributed by atoms with E-state index in [4.69, 9.17) is 8.83 Å². The molecule has 0 unspecified atom stereocenters. The zero-order chi connectivity index (χ0) is 10.5. The summed E-state index contributed by atoms with van der Waals surface area (Å²) in [6.07, 6.45) is 4.18. The number of aromatic nitrogens is 1. The average Bonchev–Trinajstić information content (AvgIpc) is 2.87. The van der Waals surface area contributed by atoms with E-state index < -0.39 is 0 Å². The molecule has 0 amide bonds. The molecule has 0 aliphatic carbocycles. The lowest BCUT2D eigenvalue weighted by atomic mass is 10.3. The lowest BCUT2D eigenvalue weighted by Gasteiger charge is -2.00. The molecular formula is C11H14N2O2. The zero-order valence-electron chi connectivity index (χ0n) is 8.69. The van der Waals surface area contributed by atoms with Crippen molar-refractivity contribution in [3.63, 3.8) is 0 Å². The van der Waals surface area contributed by atoms with Crippen LogP contribution in [0.5, 0.6) is 0 Å². The molecule has 1 N–H and O–H groups in total. The summed E-state index contributed by atoms with van der Waals surface area (Å²) in [4.78, 5) is 4.15. The van der Waals surface area contributed by atoms with Crippen LogP contribution in [0.15, 0.2) is 33.6 Å². The van der Waals surface area contributed by atoms with E-state index in [-0.39, 0.29) is 0 Å². The third-order valence-electron chi connectivity index (χ3n) is 2.11. The van der Waals surface area contributed by atoms with Gasteiger partial charge in [0.25, 0.3) is 0 Å². The van der Waals surface area contributed by atoms with Gasteiger partial charge in [0.1, 0.15) is 5.69 Å². The molecule has 0 fully saturated rings. The Morgan fingerprint density at radius 1 is 1.40 bits per heavy atom. The van der Waals surface area contributed by atoms with Crippen molar-refractivity contribution in [2.24, 2.45) is 0 Å². The van der Waals surface area contributed by atoms with Crippen LogP contribution in [0.3, 0.4) is 0 Å². The van der Waals surface area contributed by atoms with Crippen molar-refractivity contribution >= 4 is 0 Å². The predicted molar refractivity (Wildman–Crippen MR) is 56.2 cm³/mol. The lowest BCUT2D eigenvalue weighted by molar-refractivity contribution is 0.518. The van der Waals surface area contributed by atoms with Crippen LogP contribution in [-0.2, 0) is 6.54 Å². The topological polar surface area (TPSA) is 51.2 Å². The van der Waals surface area contributed by atoms with Gasteiger partial charge in [0.15, 0.2) is 17.9 Å². The van der Waals surface area contributed by atoms with E-state index in [0.29, 0.717) is 12.3 Å². The van der Waals surface area contributed by atoms with Gasteiger partial charge < -0.3 is 14.2 Å². The molecule has 80 valence electrons. The Balaban J connectivity index is 2.09. The average molecular weight is 206 g/mol. The summed E-state index contributed by atoms with van der Waals surface area (Å²) in [5.41, 5.74) is 0.887. The second-order valence-electron chi connectivity index (χ2n) is 3.28.